The van der Waals surface area contributed by atoms with Crippen LogP contribution in [0.5, 0.6) is 0 Å². The Bertz CT molecular complexity index is 603. The van der Waals surface area contributed by atoms with Crippen molar-refractivity contribution in [3.05, 3.63) is 16.9 Å². The molecule has 16 heavy (non-hydrogen) atoms. The average Bonchev–Trinajstić information content (AvgIpc) is 2.16. The lowest BCUT2D eigenvalue weighted by atomic mass is 10.3. The molecule has 1 rings (SSSR count). The van der Waals surface area contributed by atoms with E-state index in [-0.39, 0.29) is 15.7 Å². The second kappa shape index (κ2) is 4.75. The molecule has 0 atom stereocenters. The molecule has 0 bridgehead atoms. The first-order valence-electron chi connectivity index (χ1n) is 5.52. The molecule has 0 aromatic carbocycles. The Morgan fingerprint density at radius 3 is 2.88 bits per heavy atom. The normalized spacial score (nSPS) is 14.8. The van der Waals surface area contributed by atoms with Gasteiger partial charge in [0.25, 0.3) is 0 Å². The molecule has 1 aromatic heterocycles. The summed E-state index contributed by atoms with van der Waals surface area (Å²) in [5.41, 5.74) is -0.159. The van der Waals surface area contributed by atoms with Gasteiger partial charge in [0.1, 0.15) is 0 Å². The summed E-state index contributed by atoms with van der Waals surface area (Å²) < 4.78 is 43.6. The number of carbonyl (C=O) groups is 1. The molecule has 1 N–H and O–H groups in total. The molecule has 0 saturated carbocycles. The van der Waals surface area contributed by atoms with Crippen molar-refractivity contribution < 1.29 is 17.3 Å². The van der Waals surface area contributed by atoms with Crippen LogP contribution >= 0.6 is 11.6 Å². The summed E-state index contributed by atoms with van der Waals surface area (Å²) in [6, 6.07) is 1.06. The molecular weight excluding hydrogens is 254 g/mol. The maximum Gasteiger partial charge on any atom is 0.225 e. The zero-order chi connectivity index (χ0) is 14.8. The largest absolute Gasteiger partial charge is 0.359 e. The number of hydrogen-bond donors (Lipinski definition) is 1. The lowest BCUT2D eigenvalue weighted by Gasteiger charge is -2.05. The van der Waals surface area contributed by atoms with Gasteiger partial charge in [0.15, 0.2) is 15.0 Å². The van der Waals surface area contributed by atoms with Crippen LogP contribution in [-0.2, 0) is 21.1 Å². The van der Waals surface area contributed by atoms with E-state index in [4.69, 9.17) is 15.7 Å². The summed E-state index contributed by atoms with van der Waals surface area (Å²) in [7, 11) is -3.65. The standard InChI is InChI=1S/C8H10ClN3O3S/c1-10-8(13)3-5-6(16(2,14)15)4-7(9)12-11-5/h4H,3H2,1-2H3,(H,10,13)/i1D3. The van der Waals surface area contributed by atoms with Crippen LogP contribution in [0.15, 0.2) is 11.0 Å². The van der Waals surface area contributed by atoms with Crippen LogP contribution in [0, 0.1) is 0 Å². The fourth-order valence-electron chi connectivity index (χ4n) is 1.02. The van der Waals surface area contributed by atoms with Crippen LogP contribution in [0.2, 0.25) is 5.15 Å². The number of carbonyl (C=O) groups excluding carboxylic acids is 1. The molecule has 0 radical (unpaired) electrons. The average molecular weight is 267 g/mol. The van der Waals surface area contributed by atoms with Crippen LogP contribution in [0.4, 0.5) is 0 Å². The van der Waals surface area contributed by atoms with Gasteiger partial charge in [-0.1, -0.05) is 11.6 Å². The van der Waals surface area contributed by atoms with Crippen LogP contribution in [0.25, 0.3) is 0 Å². The third-order valence-corrected chi connectivity index (χ3v) is 3.00. The molecule has 1 heterocycles. The SMILES string of the molecule is [2H]C([2H])([2H])NC(=O)Cc1nnc(Cl)cc1S(C)(=O)=O. The maximum atomic E-state index is 11.5. The Morgan fingerprint density at radius 2 is 2.31 bits per heavy atom. The smallest absolute Gasteiger partial charge is 0.225 e. The van der Waals surface area contributed by atoms with E-state index in [1.807, 2.05) is 0 Å². The van der Waals surface area contributed by atoms with E-state index in [1.54, 1.807) is 5.32 Å². The van der Waals surface area contributed by atoms with Crippen LogP contribution in [0.1, 0.15) is 9.81 Å². The summed E-state index contributed by atoms with van der Waals surface area (Å²) in [5, 5.41) is 8.53. The van der Waals surface area contributed by atoms with Gasteiger partial charge in [-0.3, -0.25) is 4.79 Å². The Kier molecular flexibility index (Phi) is 2.64. The Labute approximate surface area is 102 Å². The van der Waals surface area contributed by atoms with Gasteiger partial charge in [0.2, 0.25) is 5.91 Å². The highest BCUT2D eigenvalue weighted by Crippen LogP contribution is 2.16. The molecule has 1 aromatic rings. The maximum absolute atomic E-state index is 11.5. The number of rotatable bonds is 3. The Morgan fingerprint density at radius 1 is 1.62 bits per heavy atom. The van der Waals surface area contributed by atoms with E-state index < -0.39 is 29.1 Å². The molecule has 1 amide bonds. The fraction of sp³-hybridized carbons (Fsp3) is 0.375. The molecule has 0 saturated heterocycles. The van der Waals surface area contributed by atoms with Gasteiger partial charge < -0.3 is 5.32 Å². The molecule has 0 aliphatic rings. The molecule has 0 aliphatic heterocycles. The second-order valence-corrected chi connectivity index (χ2v) is 5.35. The van der Waals surface area contributed by atoms with Crippen molar-refractivity contribution in [2.45, 2.75) is 11.3 Å². The first-order chi connectivity index (χ1) is 8.49. The van der Waals surface area contributed by atoms with E-state index >= 15 is 0 Å². The minimum absolute atomic E-state index is 0.139. The van der Waals surface area contributed by atoms with Crippen LogP contribution in [-0.4, -0.2) is 37.8 Å². The fourth-order valence-corrected chi connectivity index (χ4v) is 2.10. The lowest BCUT2D eigenvalue weighted by molar-refractivity contribution is -0.120. The predicted octanol–water partition coefficient (Wildman–Crippen LogP) is -0.178. The highest BCUT2D eigenvalue weighted by atomic mass is 35.5. The molecular formula is C8H10ClN3O3S. The molecule has 0 unspecified atom stereocenters. The molecule has 88 valence electrons. The van der Waals surface area contributed by atoms with E-state index in [9.17, 15) is 13.2 Å². The van der Waals surface area contributed by atoms with Crippen LogP contribution in [0.3, 0.4) is 0 Å². The highest BCUT2D eigenvalue weighted by Gasteiger charge is 2.18. The lowest BCUT2D eigenvalue weighted by Crippen LogP contribution is -2.22. The zero-order valence-electron chi connectivity index (χ0n) is 11.2. The topological polar surface area (TPSA) is 89.0 Å². The Hall–Kier alpha value is -1.21. The van der Waals surface area contributed by atoms with Crippen molar-refractivity contribution in [3.8, 4) is 0 Å². The molecule has 8 heteroatoms. The van der Waals surface area contributed by atoms with Crippen molar-refractivity contribution >= 4 is 27.3 Å². The van der Waals surface area contributed by atoms with E-state index in [2.05, 4.69) is 10.2 Å². The van der Waals surface area contributed by atoms with E-state index in [0.717, 1.165) is 12.3 Å². The van der Waals surface area contributed by atoms with Crippen molar-refractivity contribution in [1.82, 2.24) is 15.5 Å². The van der Waals surface area contributed by atoms with Crippen molar-refractivity contribution in [1.29, 1.82) is 0 Å². The second-order valence-electron chi connectivity index (χ2n) is 2.98. The summed E-state index contributed by atoms with van der Waals surface area (Å²) in [4.78, 5) is 11.2. The summed E-state index contributed by atoms with van der Waals surface area (Å²) >= 11 is 5.54. The number of nitrogens with one attached hydrogen (secondary N) is 1. The van der Waals surface area contributed by atoms with Gasteiger partial charge in [-0.05, 0) is 6.07 Å². The number of halogens is 1. The van der Waals surface area contributed by atoms with Gasteiger partial charge >= 0.3 is 0 Å². The van der Waals surface area contributed by atoms with Gasteiger partial charge in [-0.25, -0.2) is 8.42 Å². The Balaban J connectivity index is 3.06. The number of sulfone groups is 1. The third-order valence-electron chi connectivity index (χ3n) is 1.67. The van der Waals surface area contributed by atoms with Crippen molar-refractivity contribution in [2.24, 2.45) is 0 Å². The van der Waals surface area contributed by atoms with Gasteiger partial charge in [0, 0.05) is 17.3 Å². The third kappa shape index (κ3) is 3.14. The number of nitrogens with zero attached hydrogens (tertiary/aromatic N) is 2. The summed E-state index contributed by atoms with van der Waals surface area (Å²) in [6.45, 7) is -2.65. The van der Waals surface area contributed by atoms with Gasteiger partial charge in [-0.15, -0.1) is 5.10 Å². The highest BCUT2D eigenvalue weighted by molar-refractivity contribution is 7.90. The van der Waals surface area contributed by atoms with E-state index in [1.165, 1.54) is 0 Å². The number of hydrogen-bond acceptors (Lipinski definition) is 5. The van der Waals surface area contributed by atoms with Gasteiger partial charge in [-0.2, -0.15) is 5.10 Å². The molecule has 0 fully saturated rings. The van der Waals surface area contributed by atoms with Crippen LogP contribution < -0.4 is 5.32 Å². The predicted molar refractivity (Wildman–Crippen MR) is 57.9 cm³/mol. The summed E-state index contributed by atoms with van der Waals surface area (Å²) in [6.07, 6.45) is 0.399. The quantitative estimate of drug-likeness (QED) is 0.820. The van der Waals surface area contributed by atoms with Gasteiger partial charge in [0.05, 0.1) is 17.0 Å². The number of likely N-dealkylation sites (N-methyl/N-ethyl adjacent to an activating group) is 1. The van der Waals surface area contributed by atoms with E-state index in [0.29, 0.717) is 0 Å². The minimum Gasteiger partial charge on any atom is -0.359 e. The summed E-state index contributed by atoms with van der Waals surface area (Å²) in [5.74, 6) is -0.887. The first kappa shape index (κ1) is 8.89. The first-order valence-corrected chi connectivity index (χ1v) is 6.29. The molecule has 0 aliphatic carbocycles. The zero-order valence-corrected chi connectivity index (χ0v) is 9.76. The molecule has 6 nitrogen and oxygen atoms in total. The molecule has 0 spiro atoms. The monoisotopic (exact) mass is 266 g/mol. The van der Waals surface area contributed by atoms with Crippen molar-refractivity contribution in [2.75, 3.05) is 13.2 Å². The number of aromatic nitrogens is 2. The minimum atomic E-state index is -3.65. The number of amides is 1. The van der Waals surface area contributed by atoms with Crippen molar-refractivity contribution in [3.63, 3.8) is 0 Å².